The summed E-state index contributed by atoms with van der Waals surface area (Å²) in [6, 6.07) is 13.0. The smallest absolute Gasteiger partial charge is 0.407 e. The molecule has 1 fully saturated rings. The molecule has 0 spiro atoms. The second kappa shape index (κ2) is 10.8. The van der Waals surface area contributed by atoms with Crippen LogP contribution >= 0.6 is 0 Å². The summed E-state index contributed by atoms with van der Waals surface area (Å²) in [6.07, 6.45) is 3.74. The lowest BCUT2D eigenvalue weighted by molar-refractivity contribution is -0.143. The van der Waals surface area contributed by atoms with E-state index in [2.05, 4.69) is 15.5 Å². The molecule has 34 heavy (non-hydrogen) atoms. The second-order valence-corrected chi connectivity index (χ2v) is 8.31. The Balaban J connectivity index is 1.34. The van der Waals surface area contributed by atoms with E-state index in [0.29, 0.717) is 41.3 Å². The maximum Gasteiger partial charge on any atom is 0.407 e. The zero-order valence-corrected chi connectivity index (χ0v) is 18.9. The van der Waals surface area contributed by atoms with Crippen LogP contribution in [-0.2, 0) is 22.7 Å². The SMILES string of the molecule is Cc1noc(-c2ccc(O[C@H]3CCC[C@H](C(=O)O)C3)cn2)c1CNC(=O)OCc1ccccc1. The summed E-state index contributed by atoms with van der Waals surface area (Å²) < 4.78 is 16.7. The molecule has 2 N–H and O–H groups in total. The number of carbonyl (C=O) groups excluding carboxylic acids is 1. The number of aliphatic carboxylic acids is 1. The second-order valence-electron chi connectivity index (χ2n) is 8.31. The molecular weight excluding hydrogens is 438 g/mol. The standard InChI is InChI=1S/C25H27N3O6/c1-16-21(14-27-25(31)32-15-17-6-3-2-4-7-17)23(34-28-16)22-11-10-20(13-26-22)33-19-9-5-8-18(12-19)24(29)30/h2-4,6-7,10-11,13,18-19H,5,8-9,12,14-15H2,1H3,(H,27,31)(H,29,30)/t18-,19-/m0/s1. The van der Waals surface area contributed by atoms with Crippen molar-refractivity contribution in [2.24, 2.45) is 5.92 Å². The molecule has 9 heteroatoms. The third-order valence-electron chi connectivity index (χ3n) is 5.85. The van der Waals surface area contributed by atoms with Gasteiger partial charge in [-0.2, -0.15) is 0 Å². The van der Waals surface area contributed by atoms with E-state index in [4.69, 9.17) is 14.0 Å². The summed E-state index contributed by atoms with van der Waals surface area (Å²) in [4.78, 5) is 27.8. The fourth-order valence-electron chi connectivity index (χ4n) is 3.99. The van der Waals surface area contributed by atoms with Gasteiger partial charge in [-0.15, -0.1) is 0 Å². The van der Waals surface area contributed by atoms with Crippen molar-refractivity contribution in [3.63, 3.8) is 0 Å². The largest absolute Gasteiger partial charge is 0.489 e. The lowest BCUT2D eigenvalue weighted by Crippen LogP contribution is -2.29. The van der Waals surface area contributed by atoms with Crippen LogP contribution in [-0.4, -0.2) is 33.4 Å². The number of nitrogens with one attached hydrogen (secondary N) is 1. The Morgan fingerprint density at radius 3 is 2.74 bits per heavy atom. The van der Waals surface area contributed by atoms with Gasteiger partial charge in [0, 0.05) is 5.56 Å². The fourth-order valence-corrected chi connectivity index (χ4v) is 3.99. The van der Waals surface area contributed by atoms with E-state index in [0.717, 1.165) is 18.4 Å². The number of hydrogen-bond acceptors (Lipinski definition) is 7. The van der Waals surface area contributed by atoms with Crippen molar-refractivity contribution in [1.29, 1.82) is 0 Å². The summed E-state index contributed by atoms with van der Waals surface area (Å²) in [5.41, 5.74) is 2.80. The number of carboxylic acid groups (broad SMARTS) is 1. The molecule has 1 aromatic carbocycles. The molecule has 1 aliphatic carbocycles. The number of aromatic nitrogens is 2. The Bertz CT molecular complexity index is 1110. The van der Waals surface area contributed by atoms with E-state index < -0.39 is 12.1 Å². The van der Waals surface area contributed by atoms with Gasteiger partial charge in [0.05, 0.1) is 30.5 Å². The number of aryl methyl sites for hydroxylation is 1. The van der Waals surface area contributed by atoms with Crippen molar-refractivity contribution in [3.05, 3.63) is 65.5 Å². The zero-order valence-electron chi connectivity index (χ0n) is 18.9. The predicted octanol–water partition coefficient (Wildman–Crippen LogP) is 4.49. The average molecular weight is 466 g/mol. The highest BCUT2D eigenvalue weighted by Gasteiger charge is 2.28. The van der Waals surface area contributed by atoms with Gasteiger partial charge in [0.25, 0.3) is 0 Å². The number of amides is 1. The topological polar surface area (TPSA) is 124 Å². The number of hydrogen-bond donors (Lipinski definition) is 2. The van der Waals surface area contributed by atoms with Crippen LogP contribution in [0.2, 0.25) is 0 Å². The first kappa shape index (κ1) is 23.3. The van der Waals surface area contributed by atoms with Gasteiger partial charge in [-0.25, -0.2) is 9.78 Å². The number of carbonyl (C=O) groups is 2. The van der Waals surface area contributed by atoms with Crippen molar-refractivity contribution in [1.82, 2.24) is 15.5 Å². The molecule has 2 aromatic heterocycles. The van der Waals surface area contributed by atoms with Crippen molar-refractivity contribution < 1.29 is 28.7 Å². The maximum atomic E-state index is 12.1. The number of pyridine rings is 1. The van der Waals surface area contributed by atoms with E-state index in [1.54, 1.807) is 25.3 Å². The number of carboxylic acids is 1. The van der Waals surface area contributed by atoms with E-state index in [1.165, 1.54) is 0 Å². The third kappa shape index (κ3) is 5.92. The normalized spacial score (nSPS) is 17.7. The molecule has 9 nitrogen and oxygen atoms in total. The molecule has 1 saturated carbocycles. The van der Waals surface area contributed by atoms with Gasteiger partial charge in [0.1, 0.15) is 18.1 Å². The number of alkyl carbamates (subject to hydrolysis) is 1. The molecular formula is C25H27N3O6. The number of benzene rings is 1. The van der Waals surface area contributed by atoms with Crippen LogP contribution in [0.4, 0.5) is 4.79 Å². The van der Waals surface area contributed by atoms with Crippen LogP contribution in [0.3, 0.4) is 0 Å². The van der Waals surface area contributed by atoms with E-state index >= 15 is 0 Å². The molecule has 2 atom stereocenters. The van der Waals surface area contributed by atoms with Gasteiger partial charge in [-0.1, -0.05) is 35.5 Å². The monoisotopic (exact) mass is 465 g/mol. The molecule has 2 heterocycles. The molecule has 1 amide bonds. The predicted molar refractivity (Wildman–Crippen MR) is 122 cm³/mol. The fraction of sp³-hybridized carbons (Fsp3) is 0.360. The molecule has 0 bridgehead atoms. The maximum absolute atomic E-state index is 12.1. The Kier molecular flexibility index (Phi) is 7.41. The lowest BCUT2D eigenvalue weighted by Gasteiger charge is -2.27. The first-order valence-corrected chi connectivity index (χ1v) is 11.2. The molecule has 0 saturated heterocycles. The minimum Gasteiger partial charge on any atom is -0.489 e. The summed E-state index contributed by atoms with van der Waals surface area (Å²) in [6.45, 7) is 2.15. The first-order chi connectivity index (χ1) is 16.5. The van der Waals surface area contributed by atoms with Crippen LogP contribution in [0.5, 0.6) is 5.75 Å². The molecule has 0 aliphatic heterocycles. The minimum absolute atomic E-state index is 0.142. The quantitative estimate of drug-likeness (QED) is 0.499. The number of nitrogens with zero attached hydrogens (tertiary/aromatic N) is 2. The third-order valence-corrected chi connectivity index (χ3v) is 5.85. The Hall–Kier alpha value is -3.88. The van der Waals surface area contributed by atoms with Gasteiger partial charge < -0.3 is 24.4 Å². The van der Waals surface area contributed by atoms with Crippen LogP contribution in [0.15, 0.2) is 53.2 Å². The van der Waals surface area contributed by atoms with Gasteiger partial charge in [0.2, 0.25) is 0 Å². The molecule has 0 radical (unpaired) electrons. The number of ether oxygens (including phenoxy) is 2. The average Bonchev–Trinajstić information content (AvgIpc) is 3.23. The molecule has 0 unspecified atom stereocenters. The molecule has 1 aliphatic rings. The first-order valence-electron chi connectivity index (χ1n) is 11.2. The lowest BCUT2D eigenvalue weighted by atomic mass is 9.87. The summed E-state index contributed by atoms with van der Waals surface area (Å²) in [5.74, 6) is -0.110. The summed E-state index contributed by atoms with van der Waals surface area (Å²) in [5, 5.41) is 16.0. The Morgan fingerprint density at radius 1 is 1.18 bits per heavy atom. The summed E-state index contributed by atoms with van der Waals surface area (Å²) in [7, 11) is 0. The van der Waals surface area contributed by atoms with Crippen LogP contribution < -0.4 is 10.1 Å². The van der Waals surface area contributed by atoms with Gasteiger partial charge in [0.15, 0.2) is 5.76 Å². The van der Waals surface area contributed by atoms with Crippen molar-refractivity contribution >= 4 is 12.1 Å². The van der Waals surface area contributed by atoms with E-state index in [9.17, 15) is 14.7 Å². The van der Waals surface area contributed by atoms with Crippen molar-refractivity contribution in [3.8, 4) is 17.2 Å². The Morgan fingerprint density at radius 2 is 2.00 bits per heavy atom. The van der Waals surface area contributed by atoms with Crippen LogP contribution in [0, 0.1) is 12.8 Å². The Labute approximate surface area is 197 Å². The molecule has 178 valence electrons. The highest BCUT2D eigenvalue weighted by Crippen LogP contribution is 2.29. The van der Waals surface area contributed by atoms with Gasteiger partial charge >= 0.3 is 12.1 Å². The highest BCUT2D eigenvalue weighted by molar-refractivity contribution is 5.70. The van der Waals surface area contributed by atoms with Gasteiger partial charge in [-0.3, -0.25) is 4.79 Å². The van der Waals surface area contributed by atoms with Crippen LogP contribution in [0.25, 0.3) is 11.5 Å². The molecule has 3 aromatic rings. The highest BCUT2D eigenvalue weighted by atomic mass is 16.5. The van der Waals surface area contributed by atoms with Crippen molar-refractivity contribution in [2.45, 2.75) is 51.9 Å². The zero-order chi connectivity index (χ0) is 23.9. The van der Waals surface area contributed by atoms with Gasteiger partial charge in [-0.05, 0) is 50.3 Å². The van der Waals surface area contributed by atoms with E-state index in [-0.39, 0.29) is 25.2 Å². The number of rotatable bonds is 8. The van der Waals surface area contributed by atoms with Crippen molar-refractivity contribution in [2.75, 3.05) is 0 Å². The molecule has 4 rings (SSSR count). The van der Waals surface area contributed by atoms with E-state index in [1.807, 2.05) is 30.3 Å². The van der Waals surface area contributed by atoms with Crippen LogP contribution in [0.1, 0.15) is 42.5 Å². The summed E-state index contributed by atoms with van der Waals surface area (Å²) >= 11 is 0. The minimum atomic E-state index is -0.771.